The minimum Gasteiger partial charge on any atom is -0.250 e. The first-order chi connectivity index (χ1) is 3.83. The zero-order chi connectivity index (χ0) is 5.98. The van der Waals surface area contributed by atoms with Crippen molar-refractivity contribution in [2.75, 3.05) is 6.67 Å². The van der Waals surface area contributed by atoms with E-state index in [2.05, 4.69) is 0 Å². The van der Waals surface area contributed by atoms with Crippen LogP contribution in [0.2, 0.25) is 0 Å². The summed E-state index contributed by atoms with van der Waals surface area (Å²) in [6.45, 7) is -0.420. The van der Waals surface area contributed by atoms with Gasteiger partial charge in [-0.15, -0.1) is 0 Å². The van der Waals surface area contributed by atoms with Gasteiger partial charge in [-0.2, -0.15) is 0 Å². The summed E-state index contributed by atoms with van der Waals surface area (Å²) in [6, 6.07) is 0. The first-order valence-electron chi connectivity index (χ1n) is 2.71. The predicted octanol–water partition coefficient (Wildman–Crippen LogP) is 1.87. The van der Waals surface area contributed by atoms with Gasteiger partial charge in [-0.25, -0.2) is 4.39 Å². The van der Waals surface area contributed by atoms with Crippen LogP contribution in [0.15, 0.2) is 12.2 Å². The summed E-state index contributed by atoms with van der Waals surface area (Å²) in [6.07, 6.45) is 2.47. The number of rotatable bonds is 1. The lowest BCUT2D eigenvalue weighted by atomic mass is 10.1. The second-order valence-electron chi connectivity index (χ2n) is 2.05. The highest BCUT2D eigenvalue weighted by Crippen LogP contribution is 2.19. The number of allylic oxidation sites excluding steroid dienone is 2. The van der Waals surface area contributed by atoms with Crippen LogP contribution in [0.4, 0.5) is 8.78 Å². The third-order valence-electron chi connectivity index (χ3n) is 1.32. The average Bonchev–Trinajstić information content (AvgIpc) is 2.14. The third-order valence-corrected chi connectivity index (χ3v) is 1.32. The maximum absolute atomic E-state index is 12.1. The molecule has 1 rings (SSSR count). The molecule has 2 unspecified atom stereocenters. The summed E-state index contributed by atoms with van der Waals surface area (Å²) in [5, 5.41) is 0. The van der Waals surface area contributed by atoms with Crippen molar-refractivity contribution in [2.24, 2.45) is 5.92 Å². The van der Waals surface area contributed by atoms with Crippen molar-refractivity contribution in [3.8, 4) is 0 Å². The summed E-state index contributed by atoms with van der Waals surface area (Å²) in [5.74, 6) is -0.148. The van der Waals surface area contributed by atoms with E-state index in [1.54, 1.807) is 6.08 Å². The minimum atomic E-state index is -0.893. The van der Waals surface area contributed by atoms with E-state index in [4.69, 9.17) is 0 Å². The van der Waals surface area contributed by atoms with Crippen LogP contribution in [0.1, 0.15) is 6.42 Å². The van der Waals surface area contributed by atoms with Crippen LogP contribution in [-0.2, 0) is 0 Å². The lowest BCUT2D eigenvalue weighted by Crippen LogP contribution is -1.98. The Morgan fingerprint density at radius 1 is 1.50 bits per heavy atom. The zero-order valence-electron chi connectivity index (χ0n) is 4.48. The van der Waals surface area contributed by atoms with Crippen molar-refractivity contribution in [1.82, 2.24) is 0 Å². The van der Waals surface area contributed by atoms with Gasteiger partial charge in [0.25, 0.3) is 0 Å². The maximum Gasteiger partial charge on any atom is 0.119 e. The highest BCUT2D eigenvalue weighted by Gasteiger charge is 2.16. The lowest BCUT2D eigenvalue weighted by Gasteiger charge is -1.98. The molecule has 0 amide bonds. The Morgan fingerprint density at radius 2 is 2.25 bits per heavy atom. The second kappa shape index (κ2) is 2.25. The summed E-state index contributed by atoms with van der Waals surface area (Å²) in [5.41, 5.74) is 0. The minimum absolute atomic E-state index is 0.148. The van der Waals surface area contributed by atoms with E-state index in [9.17, 15) is 8.78 Å². The summed E-state index contributed by atoms with van der Waals surface area (Å²) < 4.78 is 23.8. The van der Waals surface area contributed by atoms with E-state index in [1.165, 1.54) is 6.08 Å². The van der Waals surface area contributed by atoms with E-state index < -0.39 is 12.8 Å². The molecular formula is C6H8F2. The molecule has 0 spiro atoms. The third kappa shape index (κ3) is 1.05. The standard InChI is InChI=1S/C6H8F2/c7-4-5-1-2-6(8)3-5/h1-2,5-6H,3-4H2. The van der Waals surface area contributed by atoms with E-state index in [-0.39, 0.29) is 5.92 Å². The fraction of sp³-hybridized carbons (Fsp3) is 0.667. The fourth-order valence-corrected chi connectivity index (χ4v) is 0.838. The summed E-state index contributed by atoms with van der Waals surface area (Å²) >= 11 is 0. The molecule has 2 heteroatoms. The van der Waals surface area contributed by atoms with E-state index >= 15 is 0 Å². The number of halogens is 2. The Kier molecular flexibility index (Phi) is 1.61. The molecule has 0 aromatic heterocycles. The smallest absolute Gasteiger partial charge is 0.119 e. The van der Waals surface area contributed by atoms with E-state index in [0.29, 0.717) is 6.42 Å². The molecule has 0 radical (unpaired) electrons. The first kappa shape index (κ1) is 5.73. The first-order valence-corrected chi connectivity index (χ1v) is 2.71. The Morgan fingerprint density at radius 3 is 2.50 bits per heavy atom. The van der Waals surface area contributed by atoms with Gasteiger partial charge in [-0.3, -0.25) is 4.39 Å². The van der Waals surface area contributed by atoms with E-state index in [1.807, 2.05) is 0 Å². The molecule has 8 heavy (non-hydrogen) atoms. The molecule has 0 nitrogen and oxygen atoms in total. The molecule has 0 aromatic rings. The summed E-state index contributed by atoms with van der Waals surface area (Å²) in [4.78, 5) is 0. The van der Waals surface area contributed by atoms with Crippen molar-refractivity contribution < 1.29 is 8.78 Å². The van der Waals surface area contributed by atoms with Crippen LogP contribution in [0.3, 0.4) is 0 Å². The van der Waals surface area contributed by atoms with Crippen molar-refractivity contribution >= 4 is 0 Å². The molecule has 0 bridgehead atoms. The monoisotopic (exact) mass is 118 g/mol. The largest absolute Gasteiger partial charge is 0.250 e. The zero-order valence-corrected chi connectivity index (χ0v) is 4.48. The highest BCUT2D eigenvalue weighted by molar-refractivity contribution is 5.02. The Bertz CT molecular complexity index is 98.7. The van der Waals surface area contributed by atoms with E-state index in [0.717, 1.165) is 0 Å². The van der Waals surface area contributed by atoms with Crippen LogP contribution < -0.4 is 0 Å². The van der Waals surface area contributed by atoms with Crippen LogP contribution in [0.25, 0.3) is 0 Å². The van der Waals surface area contributed by atoms with Crippen LogP contribution in [-0.4, -0.2) is 12.8 Å². The highest BCUT2D eigenvalue weighted by atomic mass is 19.1. The van der Waals surface area contributed by atoms with Gasteiger partial charge in [0.15, 0.2) is 0 Å². The number of hydrogen-bond acceptors (Lipinski definition) is 0. The topological polar surface area (TPSA) is 0 Å². The molecule has 0 N–H and O–H groups in total. The van der Waals surface area contributed by atoms with Crippen molar-refractivity contribution in [3.63, 3.8) is 0 Å². The maximum atomic E-state index is 12.1. The fourth-order valence-electron chi connectivity index (χ4n) is 0.838. The molecule has 0 saturated heterocycles. The van der Waals surface area contributed by atoms with Crippen LogP contribution in [0.5, 0.6) is 0 Å². The number of alkyl halides is 2. The number of hydrogen-bond donors (Lipinski definition) is 0. The molecule has 46 valence electrons. The SMILES string of the molecule is FCC1C=CC(F)C1. The predicted molar refractivity (Wildman–Crippen MR) is 28.1 cm³/mol. The Hall–Kier alpha value is -0.400. The molecule has 0 heterocycles. The molecule has 0 aliphatic heterocycles. The normalized spacial score (nSPS) is 36.2. The van der Waals surface area contributed by atoms with Gasteiger partial charge in [0.1, 0.15) is 6.17 Å². The molecular weight excluding hydrogens is 110 g/mol. The van der Waals surface area contributed by atoms with Gasteiger partial charge in [-0.1, -0.05) is 12.2 Å². The van der Waals surface area contributed by atoms with Gasteiger partial charge >= 0.3 is 0 Å². The molecule has 2 atom stereocenters. The second-order valence-corrected chi connectivity index (χ2v) is 2.05. The quantitative estimate of drug-likeness (QED) is 0.461. The van der Waals surface area contributed by atoms with Gasteiger partial charge < -0.3 is 0 Å². The van der Waals surface area contributed by atoms with Gasteiger partial charge in [0.05, 0.1) is 6.67 Å². The Labute approximate surface area is 47.2 Å². The molecule has 1 aliphatic rings. The summed E-state index contributed by atoms with van der Waals surface area (Å²) in [7, 11) is 0. The van der Waals surface area contributed by atoms with Crippen LogP contribution in [0, 0.1) is 5.92 Å². The van der Waals surface area contributed by atoms with Gasteiger partial charge in [0, 0.05) is 5.92 Å². The Balaban J connectivity index is 2.34. The van der Waals surface area contributed by atoms with Crippen molar-refractivity contribution in [2.45, 2.75) is 12.6 Å². The average molecular weight is 118 g/mol. The molecule has 0 fully saturated rings. The molecule has 1 aliphatic carbocycles. The van der Waals surface area contributed by atoms with Crippen LogP contribution >= 0.6 is 0 Å². The molecule has 0 aromatic carbocycles. The van der Waals surface area contributed by atoms with Crippen molar-refractivity contribution in [1.29, 1.82) is 0 Å². The molecule has 0 saturated carbocycles. The van der Waals surface area contributed by atoms with Gasteiger partial charge in [0.2, 0.25) is 0 Å². The lowest BCUT2D eigenvalue weighted by molar-refractivity contribution is 0.327. The van der Waals surface area contributed by atoms with Gasteiger partial charge in [-0.05, 0) is 6.42 Å². The van der Waals surface area contributed by atoms with Crippen molar-refractivity contribution in [3.05, 3.63) is 12.2 Å².